The number of halogens is 1. The van der Waals surface area contributed by atoms with E-state index in [0.717, 1.165) is 0 Å². The predicted molar refractivity (Wildman–Crippen MR) is 47.8 cm³/mol. The predicted octanol–water partition coefficient (Wildman–Crippen LogP) is 0.0284. The van der Waals surface area contributed by atoms with E-state index < -0.39 is 19.2 Å². The van der Waals surface area contributed by atoms with Crippen LogP contribution in [0.4, 0.5) is 0 Å². The minimum Gasteiger partial charge on any atom is -0.496 e. The summed E-state index contributed by atoms with van der Waals surface area (Å²) in [6, 6.07) is -1.32. The Hall–Kier alpha value is -0.705. The summed E-state index contributed by atoms with van der Waals surface area (Å²) in [7, 11) is -0.732. The summed E-state index contributed by atoms with van der Waals surface area (Å²) in [6.45, 7) is 0. The summed E-state index contributed by atoms with van der Waals surface area (Å²) in [5.74, 6) is -0.155. The maximum atomic E-state index is 9.01. The van der Waals surface area contributed by atoms with Crippen LogP contribution in [0.2, 0.25) is 5.02 Å². The number of rotatable bonds is 2. The van der Waals surface area contributed by atoms with Crippen LogP contribution in [0.15, 0.2) is 18.1 Å². The molecule has 0 spiro atoms. The normalized spacial score (nSPS) is 13.2. The summed E-state index contributed by atoms with van der Waals surface area (Å²) < 4.78 is 27.0. The number of hydrogen-bond acceptors (Lipinski definition) is 3. The molecule has 0 aliphatic rings. The average molecular weight is 189 g/mol. The highest BCUT2D eigenvalue weighted by molar-refractivity contribution is 6.60. The fourth-order valence-corrected chi connectivity index (χ4v) is 0.993. The largest absolute Gasteiger partial charge is 0.496 e. The van der Waals surface area contributed by atoms with Crippen molar-refractivity contribution in [2.75, 3.05) is 7.11 Å². The van der Waals surface area contributed by atoms with E-state index in [2.05, 4.69) is 0 Å². The van der Waals surface area contributed by atoms with Gasteiger partial charge in [-0.25, -0.2) is 0 Å². The van der Waals surface area contributed by atoms with Crippen LogP contribution >= 0.6 is 11.6 Å². The summed E-state index contributed by atoms with van der Waals surface area (Å²) in [4.78, 5) is 0. The zero-order valence-electron chi connectivity index (χ0n) is 9.26. The van der Waals surface area contributed by atoms with Gasteiger partial charge in [0.2, 0.25) is 0 Å². The topological polar surface area (TPSA) is 49.7 Å². The fraction of sp³-hybridized carbons (Fsp3) is 0.143. The molecule has 1 aromatic carbocycles. The molecule has 0 unspecified atom stereocenters. The summed E-state index contributed by atoms with van der Waals surface area (Å²) in [5, 5.41) is 17.8. The second-order valence-corrected chi connectivity index (χ2v) is 2.39. The first-order chi connectivity index (χ1) is 6.91. The van der Waals surface area contributed by atoms with Gasteiger partial charge in [0.25, 0.3) is 0 Å². The maximum absolute atomic E-state index is 9.01. The van der Waals surface area contributed by atoms with Gasteiger partial charge in [-0.1, -0.05) is 23.7 Å². The van der Waals surface area contributed by atoms with E-state index in [0.29, 0.717) is 0 Å². The average Bonchev–Trinajstić information content (AvgIpc) is 2.19. The van der Waals surface area contributed by atoms with Gasteiger partial charge in [0.1, 0.15) is 5.75 Å². The SMILES string of the molecule is [2H]c1c([2H])c(Cl)c(OC)c(B(O)O)c1[2H]. The first kappa shape index (κ1) is 5.86. The molecule has 0 radical (unpaired) electrons. The van der Waals surface area contributed by atoms with Crippen LogP contribution in [-0.2, 0) is 0 Å². The Kier molecular flexibility index (Phi) is 1.86. The molecule has 0 aliphatic heterocycles. The maximum Gasteiger partial charge on any atom is 0.492 e. The monoisotopic (exact) mass is 189 g/mol. The molecular weight excluding hydrogens is 178 g/mol. The van der Waals surface area contributed by atoms with E-state index in [4.69, 9.17) is 30.5 Å². The molecule has 0 fully saturated rings. The van der Waals surface area contributed by atoms with Crippen molar-refractivity contribution in [1.82, 2.24) is 0 Å². The molecule has 5 heteroatoms. The Morgan fingerprint density at radius 3 is 2.75 bits per heavy atom. The number of ether oxygens (including phenoxy) is 1. The van der Waals surface area contributed by atoms with Crippen molar-refractivity contribution in [2.45, 2.75) is 0 Å². The molecule has 1 rings (SSSR count). The van der Waals surface area contributed by atoms with Gasteiger partial charge in [-0.3, -0.25) is 0 Å². The van der Waals surface area contributed by atoms with Crippen LogP contribution < -0.4 is 10.2 Å². The van der Waals surface area contributed by atoms with E-state index in [1.807, 2.05) is 0 Å². The lowest BCUT2D eigenvalue weighted by Gasteiger charge is -2.08. The molecule has 0 bridgehead atoms. The van der Waals surface area contributed by atoms with Crippen molar-refractivity contribution in [3.63, 3.8) is 0 Å². The number of para-hydroxylation sites is 1. The zero-order valence-corrected chi connectivity index (χ0v) is 7.01. The van der Waals surface area contributed by atoms with Gasteiger partial charge in [0.15, 0.2) is 0 Å². The fourth-order valence-electron chi connectivity index (χ4n) is 0.767. The van der Waals surface area contributed by atoms with Gasteiger partial charge < -0.3 is 14.8 Å². The summed E-state index contributed by atoms with van der Waals surface area (Å²) in [6.07, 6.45) is 0. The van der Waals surface area contributed by atoms with E-state index in [-0.39, 0.29) is 22.3 Å². The van der Waals surface area contributed by atoms with Crippen LogP contribution in [0.5, 0.6) is 5.75 Å². The van der Waals surface area contributed by atoms with Crippen LogP contribution in [0.3, 0.4) is 0 Å². The van der Waals surface area contributed by atoms with Crippen LogP contribution in [0.25, 0.3) is 0 Å². The minimum atomic E-state index is -1.96. The Morgan fingerprint density at radius 1 is 1.58 bits per heavy atom. The molecule has 12 heavy (non-hydrogen) atoms. The molecule has 3 nitrogen and oxygen atoms in total. The van der Waals surface area contributed by atoms with Crippen LogP contribution in [0, 0.1) is 0 Å². The Bertz CT molecular complexity index is 400. The third-order valence-corrected chi connectivity index (χ3v) is 1.54. The molecule has 0 amide bonds. The van der Waals surface area contributed by atoms with Crippen molar-refractivity contribution in [1.29, 1.82) is 0 Å². The van der Waals surface area contributed by atoms with E-state index in [9.17, 15) is 0 Å². The quantitative estimate of drug-likeness (QED) is 0.645. The van der Waals surface area contributed by atoms with E-state index >= 15 is 0 Å². The number of benzene rings is 1. The molecule has 0 saturated carbocycles. The first-order valence-electron chi connectivity index (χ1n) is 4.61. The minimum absolute atomic E-state index is 0.155. The third-order valence-electron chi connectivity index (χ3n) is 1.28. The Morgan fingerprint density at radius 2 is 2.25 bits per heavy atom. The molecule has 2 N–H and O–H groups in total. The van der Waals surface area contributed by atoms with Crippen molar-refractivity contribution in [3.8, 4) is 5.75 Å². The van der Waals surface area contributed by atoms with E-state index in [1.165, 1.54) is 7.11 Å². The van der Waals surface area contributed by atoms with Crippen molar-refractivity contribution in [3.05, 3.63) is 23.1 Å². The standard InChI is InChI=1S/C7H8BClO3/c1-12-7-5(8(10)11)3-2-4-6(7)9/h2-4,10-11H,1H3/i2D,3D,4D. The van der Waals surface area contributed by atoms with E-state index in [1.54, 1.807) is 0 Å². The molecule has 0 heterocycles. The van der Waals surface area contributed by atoms with Gasteiger partial charge in [-0.15, -0.1) is 0 Å². The number of hydrogen-bond donors (Lipinski definition) is 2. The highest BCUT2D eigenvalue weighted by Crippen LogP contribution is 2.20. The second kappa shape index (κ2) is 3.80. The van der Waals surface area contributed by atoms with Gasteiger partial charge in [0, 0.05) is 5.46 Å². The smallest absolute Gasteiger partial charge is 0.492 e. The number of methoxy groups -OCH3 is 1. The molecule has 64 valence electrons. The van der Waals surface area contributed by atoms with Crippen molar-refractivity contribution < 1.29 is 18.9 Å². The Balaban J connectivity index is 3.62. The Labute approximate surface area is 79.9 Å². The lowest BCUT2D eigenvalue weighted by atomic mass is 9.79. The van der Waals surface area contributed by atoms with Gasteiger partial charge in [-0.05, 0) is 6.04 Å². The molecular formula is C7H8BClO3. The molecule has 1 aromatic rings. The van der Waals surface area contributed by atoms with Gasteiger partial charge in [-0.2, -0.15) is 0 Å². The molecule has 0 aromatic heterocycles. The summed E-state index contributed by atoms with van der Waals surface area (Å²) in [5.41, 5.74) is -0.302. The second-order valence-electron chi connectivity index (χ2n) is 2.01. The summed E-state index contributed by atoms with van der Waals surface area (Å²) >= 11 is 5.68. The van der Waals surface area contributed by atoms with Gasteiger partial charge in [0.05, 0.1) is 16.2 Å². The van der Waals surface area contributed by atoms with Crippen molar-refractivity contribution >= 4 is 24.2 Å². The molecule has 0 saturated heterocycles. The lowest BCUT2D eigenvalue weighted by Crippen LogP contribution is -2.31. The third kappa shape index (κ3) is 1.72. The van der Waals surface area contributed by atoms with Crippen molar-refractivity contribution in [2.24, 2.45) is 0 Å². The highest BCUT2D eigenvalue weighted by Gasteiger charge is 2.18. The van der Waals surface area contributed by atoms with Gasteiger partial charge >= 0.3 is 7.12 Å². The van der Waals surface area contributed by atoms with Crippen LogP contribution in [-0.4, -0.2) is 24.3 Å². The highest BCUT2D eigenvalue weighted by atomic mass is 35.5. The van der Waals surface area contributed by atoms with Crippen LogP contribution in [0.1, 0.15) is 4.11 Å². The molecule has 0 aliphatic carbocycles. The lowest BCUT2D eigenvalue weighted by molar-refractivity contribution is 0.403. The first-order valence-corrected chi connectivity index (χ1v) is 3.48. The zero-order chi connectivity index (χ0) is 11.7. The molecule has 0 atom stereocenters.